The molecule has 0 aromatic carbocycles. The molecule has 0 heterocycles. The molecule has 0 atom stereocenters. The van der Waals surface area contributed by atoms with Crippen LogP contribution in [0.15, 0.2) is 0 Å². The van der Waals surface area contributed by atoms with E-state index in [1.807, 2.05) is 0 Å². The molecule has 0 aromatic rings. The summed E-state index contributed by atoms with van der Waals surface area (Å²) in [4.78, 5) is 0. The number of rotatable bonds is 0. The molecule has 0 aliphatic heterocycles. The zero-order valence-corrected chi connectivity index (χ0v) is 3.86. The standard InChI is InChI=1S/2CH4.H2O.Y/h2*1H4;1H2;/p-1. The van der Waals surface area contributed by atoms with Crippen LogP contribution in [0.2, 0.25) is 0 Å². The first-order valence-electron chi connectivity index (χ1n) is 0. The van der Waals surface area contributed by atoms with Crippen molar-refractivity contribution in [2.24, 2.45) is 0 Å². The molecule has 1 nitrogen and oxygen atoms in total. The Morgan fingerprint density at radius 1 is 0.750 bits per heavy atom. The van der Waals surface area contributed by atoms with Crippen LogP contribution in [0.1, 0.15) is 14.9 Å². The summed E-state index contributed by atoms with van der Waals surface area (Å²) in [6, 6.07) is 0. The van der Waals surface area contributed by atoms with Crippen molar-refractivity contribution in [3.63, 3.8) is 0 Å². The van der Waals surface area contributed by atoms with Crippen molar-refractivity contribution in [3.8, 4) is 0 Å². The van der Waals surface area contributed by atoms with Gasteiger partial charge in [0.05, 0.1) is 0 Å². The maximum atomic E-state index is 0. The Kier molecular flexibility index (Phi) is 623. The van der Waals surface area contributed by atoms with Gasteiger partial charge in [-0.2, -0.15) is 0 Å². The predicted molar refractivity (Wildman–Crippen MR) is 15.4 cm³/mol. The van der Waals surface area contributed by atoms with Gasteiger partial charge < -0.3 is 5.48 Å². The van der Waals surface area contributed by atoms with Crippen LogP contribution in [0.25, 0.3) is 0 Å². The average Bonchev–Trinajstić information content (AvgIpc) is 0. The molecule has 2 heteroatoms. The fraction of sp³-hybridized carbons (Fsp3) is 1.00. The second-order valence-corrected chi connectivity index (χ2v) is 0. The quantitative estimate of drug-likeness (QED) is 0.492. The number of hydrogen-bond acceptors (Lipinski definition) is 1. The van der Waals surface area contributed by atoms with Gasteiger partial charge in [-0.1, -0.05) is 14.9 Å². The van der Waals surface area contributed by atoms with Gasteiger partial charge in [0.15, 0.2) is 0 Å². The minimum absolute atomic E-state index is 0. The molecule has 0 fully saturated rings. The Labute approximate surface area is 53.0 Å². The third kappa shape index (κ3) is 11.5. The monoisotopic (exact) mass is 138 g/mol. The van der Waals surface area contributed by atoms with Gasteiger partial charge in [0, 0.05) is 32.7 Å². The topological polar surface area (TPSA) is 30.0 Å². The summed E-state index contributed by atoms with van der Waals surface area (Å²) in [6.45, 7) is 0. The van der Waals surface area contributed by atoms with E-state index in [9.17, 15) is 0 Å². The van der Waals surface area contributed by atoms with E-state index in [0.29, 0.717) is 0 Å². The van der Waals surface area contributed by atoms with Crippen LogP contribution >= 0.6 is 0 Å². The largest absolute Gasteiger partial charge is 0.870 e. The molecule has 0 amide bonds. The first-order valence-corrected chi connectivity index (χ1v) is 0. The van der Waals surface area contributed by atoms with Crippen LogP contribution in [0, 0.1) is 0 Å². The summed E-state index contributed by atoms with van der Waals surface area (Å²) in [5.41, 5.74) is 0. The van der Waals surface area contributed by atoms with E-state index in [4.69, 9.17) is 0 Å². The molecule has 0 unspecified atom stereocenters. The van der Waals surface area contributed by atoms with E-state index in [1.54, 1.807) is 0 Å². The molecule has 0 aliphatic carbocycles. The maximum Gasteiger partial charge on any atom is 0 e. The molecule has 0 spiro atoms. The van der Waals surface area contributed by atoms with Crippen LogP contribution < -0.4 is 0 Å². The van der Waals surface area contributed by atoms with Gasteiger partial charge in [0.25, 0.3) is 0 Å². The normalized spacial score (nSPS) is 0. The van der Waals surface area contributed by atoms with Crippen molar-refractivity contribution in [1.29, 1.82) is 0 Å². The van der Waals surface area contributed by atoms with E-state index in [2.05, 4.69) is 0 Å². The second-order valence-electron chi connectivity index (χ2n) is 0. The first kappa shape index (κ1) is 73.9. The SMILES string of the molecule is C.C.[OH-].[Y]. The van der Waals surface area contributed by atoms with Crippen molar-refractivity contribution < 1.29 is 38.2 Å². The molecule has 0 saturated heterocycles. The summed E-state index contributed by atoms with van der Waals surface area (Å²) in [5.74, 6) is 0. The Balaban J connectivity index is 0. The first-order chi connectivity index (χ1) is 0. The maximum absolute atomic E-state index is 0. The summed E-state index contributed by atoms with van der Waals surface area (Å²) in [6.07, 6.45) is 0. The Morgan fingerprint density at radius 3 is 0.750 bits per heavy atom. The van der Waals surface area contributed by atoms with Gasteiger partial charge in [-0.25, -0.2) is 0 Å². The Morgan fingerprint density at radius 2 is 0.750 bits per heavy atom. The molecule has 4 heavy (non-hydrogen) atoms. The van der Waals surface area contributed by atoms with Gasteiger partial charge in [-0.3, -0.25) is 0 Å². The van der Waals surface area contributed by atoms with Crippen LogP contribution in [-0.4, -0.2) is 5.48 Å². The Hall–Kier alpha value is 1.06. The smallest absolute Gasteiger partial charge is 0 e. The summed E-state index contributed by atoms with van der Waals surface area (Å²) in [5, 5.41) is 0. The fourth-order valence-corrected chi connectivity index (χ4v) is 0. The van der Waals surface area contributed by atoms with Gasteiger partial charge in [0.1, 0.15) is 0 Å². The molecule has 0 bridgehead atoms. The number of hydrogen-bond donors (Lipinski definition) is 0. The van der Waals surface area contributed by atoms with Crippen molar-refractivity contribution in [2.45, 2.75) is 14.9 Å². The van der Waals surface area contributed by atoms with E-state index in [-0.39, 0.29) is 53.0 Å². The third-order valence-electron chi connectivity index (χ3n) is 0. The molecule has 0 aliphatic rings. The van der Waals surface area contributed by atoms with E-state index in [1.165, 1.54) is 0 Å². The van der Waals surface area contributed by atoms with Crippen molar-refractivity contribution in [2.75, 3.05) is 0 Å². The third-order valence-corrected chi connectivity index (χ3v) is 0. The van der Waals surface area contributed by atoms with Gasteiger partial charge >= 0.3 is 0 Å². The summed E-state index contributed by atoms with van der Waals surface area (Å²) < 4.78 is 0. The van der Waals surface area contributed by atoms with Crippen LogP contribution in [0.4, 0.5) is 0 Å². The molecule has 1 radical (unpaired) electrons. The Bertz CT molecular complexity index is 6.00. The zero-order valence-electron chi connectivity index (χ0n) is 1.02. The van der Waals surface area contributed by atoms with Crippen molar-refractivity contribution in [1.82, 2.24) is 0 Å². The molecule has 1 N–H and O–H groups in total. The molecule has 0 saturated carbocycles. The molecule has 0 rings (SSSR count). The molecule has 0 aromatic heterocycles. The summed E-state index contributed by atoms with van der Waals surface area (Å²) >= 11 is 0. The van der Waals surface area contributed by atoms with Crippen LogP contribution in [0.3, 0.4) is 0 Å². The average molecular weight is 138 g/mol. The van der Waals surface area contributed by atoms with Crippen molar-refractivity contribution >= 4 is 0 Å². The van der Waals surface area contributed by atoms with Gasteiger partial charge in [-0.15, -0.1) is 0 Å². The second kappa shape index (κ2) is 33.7. The molecular formula is C2H9OY-. The van der Waals surface area contributed by atoms with E-state index in [0.717, 1.165) is 0 Å². The minimum Gasteiger partial charge on any atom is -0.870 e. The minimum atomic E-state index is 0. The molecule has 27 valence electrons. The molecular weight excluding hydrogens is 129 g/mol. The predicted octanol–water partition coefficient (Wildman–Crippen LogP) is 1.09. The fourth-order valence-electron chi connectivity index (χ4n) is 0. The van der Waals surface area contributed by atoms with Crippen LogP contribution in [0.5, 0.6) is 0 Å². The summed E-state index contributed by atoms with van der Waals surface area (Å²) in [7, 11) is 0. The van der Waals surface area contributed by atoms with Gasteiger partial charge in [0.2, 0.25) is 0 Å². The van der Waals surface area contributed by atoms with Crippen LogP contribution in [-0.2, 0) is 32.7 Å². The van der Waals surface area contributed by atoms with E-state index < -0.39 is 0 Å². The van der Waals surface area contributed by atoms with E-state index >= 15 is 0 Å². The zero-order chi connectivity index (χ0) is 0. The van der Waals surface area contributed by atoms with Crippen molar-refractivity contribution in [3.05, 3.63) is 0 Å². The van der Waals surface area contributed by atoms with Gasteiger partial charge in [-0.05, 0) is 0 Å².